The number of carboxylic acid groups (broad SMARTS) is 1. The van der Waals surface area contributed by atoms with Crippen LogP contribution in [0.25, 0.3) is 0 Å². The van der Waals surface area contributed by atoms with Gasteiger partial charge in [-0.1, -0.05) is 61.7 Å². The molecule has 1 amide bonds. The van der Waals surface area contributed by atoms with E-state index in [0.29, 0.717) is 6.54 Å². The van der Waals surface area contributed by atoms with Crippen molar-refractivity contribution in [1.29, 1.82) is 0 Å². The van der Waals surface area contributed by atoms with Gasteiger partial charge in [-0.05, 0) is 61.4 Å². The maximum Gasteiger partial charge on any atom is 0.326 e. The monoisotopic (exact) mass is 452 g/mol. The Kier molecular flexibility index (Phi) is 9.76. The molecule has 2 atom stereocenters. The lowest BCUT2D eigenvalue weighted by atomic mass is 9.83. The van der Waals surface area contributed by atoms with Crippen LogP contribution in [0.15, 0.2) is 54.6 Å². The fourth-order valence-electron chi connectivity index (χ4n) is 4.59. The number of rotatable bonds is 12. The van der Waals surface area contributed by atoms with Crippen molar-refractivity contribution in [3.8, 4) is 5.75 Å². The normalized spacial score (nSPS) is 16.0. The molecule has 1 aliphatic rings. The average Bonchev–Trinajstić information content (AvgIpc) is 2.85. The number of ether oxygens (including phenoxy) is 1. The maximum absolute atomic E-state index is 13.2. The van der Waals surface area contributed by atoms with Gasteiger partial charge in [-0.15, -0.1) is 0 Å². The summed E-state index contributed by atoms with van der Waals surface area (Å²) in [6.45, 7) is 0.705. The zero-order chi connectivity index (χ0) is 23.5. The van der Waals surface area contributed by atoms with Crippen molar-refractivity contribution in [2.75, 3.05) is 13.7 Å². The average molecular weight is 453 g/mol. The Hall–Kier alpha value is -2.86. The third kappa shape index (κ3) is 7.90. The Labute approximate surface area is 196 Å². The van der Waals surface area contributed by atoms with E-state index in [9.17, 15) is 14.7 Å². The summed E-state index contributed by atoms with van der Waals surface area (Å²) in [7, 11) is 1.66. The smallest absolute Gasteiger partial charge is 0.326 e. The van der Waals surface area contributed by atoms with Crippen LogP contribution in [-0.4, -0.2) is 42.7 Å². The second kappa shape index (κ2) is 13.0. The molecule has 1 aliphatic carbocycles. The van der Waals surface area contributed by atoms with E-state index < -0.39 is 12.0 Å². The first-order valence-corrected chi connectivity index (χ1v) is 12.0. The number of nitrogens with one attached hydrogen (secondary N) is 2. The SMILES string of the molecule is COc1ccc(CCCNC(C(=O)NC(Cc2ccccc2)C(=O)O)C2CCCCC2)cc1. The van der Waals surface area contributed by atoms with Crippen molar-refractivity contribution >= 4 is 11.9 Å². The Morgan fingerprint density at radius 2 is 1.70 bits per heavy atom. The van der Waals surface area contributed by atoms with Gasteiger partial charge in [-0.3, -0.25) is 4.79 Å². The number of hydrogen-bond donors (Lipinski definition) is 3. The molecule has 2 aromatic rings. The lowest BCUT2D eigenvalue weighted by Crippen LogP contribution is -2.54. The van der Waals surface area contributed by atoms with Crippen LogP contribution in [-0.2, 0) is 22.4 Å². The van der Waals surface area contributed by atoms with Crippen LogP contribution in [0, 0.1) is 5.92 Å². The molecular formula is C27H36N2O4. The van der Waals surface area contributed by atoms with Crippen molar-refractivity contribution in [3.63, 3.8) is 0 Å². The molecule has 0 spiro atoms. The van der Waals surface area contributed by atoms with Gasteiger partial charge in [-0.2, -0.15) is 0 Å². The third-order valence-electron chi connectivity index (χ3n) is 6.47. The molecule has 0 bridgehead atoms. The number of amides is 1. The summed E-state index contributed by atoms with van der Waals surface area (Å²) in [5.41, 5.74) is 2.12. The summed E-state index contributed by atoms with van der Waals surface area (Å²) in [6, 6.07) is 16.2. The summed E-state index contributed by atoms with van der Waals surface area (Å²) in [5, 5.41) is 16.0. The van der Waals surface area contributed by atoms with Gasteiger partial charge in [0, 0.05) is 6.42 Å². The van der Waals surface area contributed by atoms with Gasteiger partial charge in [0.05, 0.1) is 13.2 Å². The first-order valence-electron chi connectivity index (χ1n) is 12.0. The van der Waals surface area contributed by atoms with E-state index in [4.69, 9.17) is 4.74 Å². The first-order chi connectivity index (χ1) is 16.1. The number of carbonyl (C=O) groups excluding carboxylic acids is 1. The molecular weight excluding hydrogens is 416 g/mol. The summed E-state index contributed by atoms with van der Waals surface area (Å²) in [4.78, 5) is 25.1. The van der Waals surface area contributed by atoms with E-state index in [1.54, 1.807) is 7.11 Å². The molecule has 2 unspecified atom stereocenters. The van der Waals surface area contributed by atoms with Crippen LogP contribution in [0.5, 0.6) is 5.75 Å². The molecule has 2 aromatic carbocycles. The lowest BCUT2D eigenvalue weighted by molar-refractivity contribution is -0.142. The van der Waals surface area contributed by atoms with Gasteiger partial charge in [0.25, 0.3) is 0 Å². The molecule has 178 valence electrons. The summed E-state index contributed by atoms with van der Waals surface area (Å²) in [5.74, 6) is -0.121. The summed E-state index contributed by atoms with van der Waals surface area (Å²) < 4.78 is 5.21. The quantitative estimate of drug-likeness (QED) is 0.424. The number of benzene rings is 2. The van der Waals surface area contributed by atoms with E-state index in [-0.39, 0.29) is 24.3 Å². The summed E-state index contributed by atoms with van der Waals surface area (Å²) >= 11 is 0. The van der Waals surface area contributed by atoms with Gasteiger partial charge in [0.1, 0.15) is 11.8 Å². The van der Waals surface area contributed by atoms with E-state index in [1.165, 1.54) is 12.0 Å². The zero-order valence-electron chi connectivity index (χ0n) is 19.5. The van der Waals surface area contributed by atoms with E-state index in [0.717, 1.165) is 49.8 Å². The summed E-state index contributed by atoms with van der Waals surface area (Å²) in [6.07, 6.45) is 7.52. The Morgan fingerprint density at radius 1 is 1.00 bits per heavy atom. The first kappa shape index (κ1) is 24.8. The number of carbonyl (C=O) groups is 2. The van der Waals surface area contributed by atoms with Crippen LogP contribution in [0.4, 0.5) is 0 Å². The Bertz CT molecular complexity index is 863. The number of methoxy groups -OCH3 is 1. The molecule has 6 nitrogen and oxygen atoms in total. The molecule has 0 aromatic heterocycles. The molecule has 3 N–H and O–H groups in total. The van der Waals surface area contributed by atoms with Crippen molar-refractivity contribution in [2.24, 2.45) is 5.92 Å². The molecule has 0 saturated heterocycles. The highest BCUT2D eigenvalue weighted by Gasteiger charge is 2.31. The molecule has 1 fully saturated rings. The van der Waals surface area contributed by atoms with E-state index in [1.807, 2.05) is 42.5 Å². The standard InChI is InChI=1S/C27H36N2O4/c1-33-23-16-14-20(15-17-23)11-8-18-28-25(22-12-6-3-7-13-22)26(30)29-24(27(31)32)19-21-9-4-2-5-10-21/h2,4-5,9-10,14-17,22,24-25,28H,3,6-8,11-13,18-19H2,1H3,(H,29,30)(H,31,32). The molecule has 0 heterocycles. The number of carboxylic acids is 1. The molecule has 3 rings (SSSR count). The topological polar surface area (TPSA) is 87.7 Å². The van der Waals surface area contributed by atoms with Crippen molar-refractivity contribution in [2.45, 2.75) is 63.5 Å². The lowest BCUT2D eigenvalue weighted by Gasteiger charge is -2.31. The van der Waals surface area contributed by atoms with Crippen molar-refractivity contribution in [3.05, 3.63) is 65.7 Å². The Balaban J connectivity index is 1.58. The largest absolute Gasteiger partial charge is 0.497 e. The van der Waals surface area contributed by atoms with E-state index >= 15 is 0 Å². The van der Waals surface area contributed by atoms with E-state index in [2.05, 4.69) is 22.8 Å². The molecule has 6 heteroatoms. The highest BCUT2D eigenvalue weighted by molar-refractivity contribution is 5.87. The van der Waals surface area contributed by atoms with Gasteiger partial charge in [0.15, 0.2) is 0 Å². The predicted molar refractivity (Wildman–Crippen MR) is 129 cm³/mol. The second-order valence-electron chi connectivity index (χ2n) is 8.87. The second-order valence-corrected chi connectivity index (χ2v) is 8.87. The van der Waals surface area contributed by atoms with Crippen LogP contribution in [0.3, 0.4) is 0 Å². The number of hydrogen-bond acceptors (Lipinski definition) is 4. The minimum absolute atomic E-state index is 0.199. The van der Waals surface area contributed by atoms with Crippen molar-refractivity contribution < 1.29 is 19.4 Å². The highest BCUT2D eigenvalue weighted by Crippen LogP contribution is 2.27. The van der Waals surface area contributed by atoms with Crippen molar-refractivity contribution in [1.82, 2.24) is 10.6 Å². The number of aliphatic carboxylic acids is 1. The fraction of sp³-hybridized carbons (Fsp3) is 0.481. The fourth-order valence-corrected chi connectivity index (χ4v) is 4.59. The van der Waals surface area contributed by atoms with Crippen LogP contribution >= 0.6 is 0 Å². The van der Waals surface area contributed by atoms with Crippen LogP contribution < -0.4 is 15.4 Å². The zero-order valence-corrected chi connectivity index (χ0v) is 19.5. The minimum Gasteiger partial charge on any atom is -0.497 e. The predicted octanol–water partition coefficient (Wildman–Crippen LogP) is 3.98. The molecule has 0 aliphatic heterocycles. The van der Waals surface area contributed by atoms with Gasteiger partial charge in [0.2, 0.25) is 5.91 Å². The maximum atomic E-state index is 13.2. The number of aryl methyl sites for hydroxylation is 1. The minimum atomic E-state index is -1.01. The highest BCUT2D eigenvalue weighted by atomic mass is 16.5. The molecule has 0 radical (unpaired) electrons. The van der Waals surface area contributed by atoms with Gasteiger partial charge in [-0.25, -0.2) is 4.79 Å². The van der Waals surface area contributed by atoms with Crippen LogP contribution in [0.1, 0.15) is 49.7 Å². The molecule has 33 heavy (non-hydrogen) atoms. The third-order valence-corrected chi connectivity index (χ3v) is 6.47. The van der Waals surface area contributed by atoms with Crippen LogP contribution in [0.2, 0.25) is 0 Å². The molecule has 1 saturated carbocycles. The van der Waals surface area contributed by atoms with Gasteiger partial charge < -0.3 is 20.5 Å². The Morgan fingerprint density at radius 3 is 2.33 bits per heavy atom. The van der Waals surface area contributed by atoms with Gasteiger partial charge >= 0.3 is 5.97 Å².